The van der Waals surface area contributed by atoms with Crippen LogP contribution in [0.25, 0.3) is 0 Å². The van der Waals surface area contributed by atoms with Gasteiger partial charge in [0.1, 0.15) is 11.7 Å². The molecule has 3 aromatic rings. The van der Waals surface area contributed by atoms with Gasteiger partial charge in [0.05, 0.1) is 6.61 Å². The Morgan fingerprint density at radius 3 is 2.32 bits per heavy atom. The molecule has 1 fully saturated rings. The van der Waals surface area contributed by atoms with Crippen molar-refractivity contribution in [3.8, 4) is 5.75 Å². The van der Waals surface area contributed by atoms with Crippen LogP contribution in [0.15, 0.2) is 84.9 Å². The Labute approximate surface area is 224 Å². The van der Waals surface area contributed by atoms with Crippen LogP contribution in [0.2, 0.25) is 0 Å². The third-order valence-electron chi connectivity index (χ3n) is 6.81. The highest BCUT2D eigenvalue weighted by Crippen LogP contribution is 2.29. The number of piperidine rings is 1. The number of likely N-dealkylation sites (tertiary alicyclic amines) is 1. The second-order valence-corrected chi connectivity index (χ2v) is 9.68. The molecule has 3 aromatic carbocycles. The highest BCUT2D eigenvalue weighted by atomic mass is 16.5. The van der Waals surface area contributed by atoms with E-state index in [2.05, 4.69) is 34.5 Å². The molecule has 1 saturated heterocycles. The Morgan fingerprint density at radius 1 is 0.921 bits per heavy atom. The molecule has 1 unspecified atom stereocenters. The second kappa shape index (κ2) is 14.3. The maximum Gasteiger partial charge on any atom is 0.317 e. The molecule has 1 atom stereocenters. The molecule has 0 spiro atoms. The van der Waals surface area contributed by atoms with Gasteiger partial charge in [0.2, 0.25) is 0 Å². The average molecular weight is 516 g/mol. The van der Waals surface area contributed by atoms with E-state index in [0.29, 0.717) is 31.4 Å². The van der Waals surface area contributed by atoms with Crippen molar-refractivity contribution in [2.75, 3.05) is 39.4 Å². The van der Waals surface area contributed by atoms with E-state index >= 15 is 0 Å². The lowest BCUT2D eigenvalue weighted by Gasteiger charge is -2.32. The number of nitrogens with two attached hydrogens (primary N) is 1. The number of rotatable bonds is 12. The fourth-order valence-electron chi connectivity index (χ4n) is 4.74. The highest BCUT2D eigenvalue weighted by Gasteiger charge is 2.27. The standard InChI is InChI=1S/C31H37N3O4/c32-16-17-33-29(35)23-37-28-13-7-12-27(20-28)30(26-10-5-2-6-11-26)31(36)38-22-25-14-18-34(19-15-25)21-24-8-3-1-4-9-24/h1-13,20,25,30H,14-19,21-23,32H2,(H,33,35). The zero-order chi connectivity index (χ0) is 26.6. The summed E-state index contributed by atoms with van der Waals surface area (Å²) in [5.74, 6) is -0.228. The van der Waals surface area contributed by atoms with Crippen molar-refractivity contribution in [2.45, 2.75) is 25.3 Å². The lowest BCUT2D eigenvalue weighted by Crippen LogP contribution is -2.35. The number of carbonyl (C=O) groups excluding carboxylic acids is 2. The molecule has 7 heteroatoms. The predicted octanol–water partition coefficient (Wildman–Crippen LogP) is 3.73. The van der Waals surface area contributed by atoms with Gasteiger partial charge in [-0.2, -0.15) is 0 Å². The van der Waals surface area contributed by atoms with Gasteiger partial charge < -0.3 is 20.5 Å². The Morgan fingerprint density at radius 2 is 1.61 bits per heavy atom. The molecule has 38 heavy (non-hydrogen) atoms. The first-order valence-corrected chi connectivity index (χ1v) is 13.3. The van der Waals surface area contributed by atoms with Crippen molar-refractivity contribution in [3.05, 3.63) is 102 Å². The van der Waals surface area contributed by atoms with Gasteiger partial charge in [0.25, 0.3) is 5.91 Å². The van der Waals surface area contributed by atoms with Crippen LogP contribution in [0.4, 0.5) is 0 Å². The van der Waals surface area contributed by atoms with Crippen LogP contribution in [0.5, 0.6) is 5.75 Å². The van der Waals surface area contributed by atoms with Crippen LogP contribution < -0.4 is 15.8 Å². The number of amides is 1. The van der Waals surface area contributed by atoms with Gasteiger partial charge in [-0.05, 0) is 60.7 Å². The molecule has 1 amide bonds. The van der Waals surface area contributed by atoms with Gasteiger partial charge in [-0.1, -0.05) is 72.8 Å². The molecule has 0 aromatic heterocycles. The van der Waals surface area contributed by atoms with E-state index in [1.54, 1.807) is 12.1 Å². The van der Waals surface area contributed by atoms with E-state index in [1.807, 2.05) is 48.5 Å². The third kappa shape index (κ3) is 8.16. The summed E-state index contributed by atoms with van der Waals surface area (Å²) in [6.45, 7) is 4.02. The second-order valence-electron chi connectivity index (χ2n) is 9.68. The molecule has 1 heterocycles. The largest absolute Gasteiger partial charge is 0.484 e. The topological polar surface area (TPSA) is 93.9 Å². The summed E-state index contributed by atoms with van der Waals surface area (Å²) in [7, 11) is 0. The maximum atomic E-state index is 13.4. The van der Waals surface area contributed by atoms with Crippen molar-refractivity contribution in [1.29, 1.82) is 0 Å². The van der Waals surface area contributed by atoms with Gasteiger partial charge in [-0.25, -0.2) is 0 Å². The Balaban J connectivity index is 1.35. The molecule has 1 aliphatic rings. The summed E-state index contributed by atoms with van der Waals surface area (Å²) in [6, 6.07) is 27.4. The summed E-state index contributed by atoms with van der Waals surface area (Å²) in [4.78, 5) is 27.8. The van der Waals surface area contributed by atoms with Gasteiger partial charge in [-0.15, -0.1) is 0 Å². The van der Waals surface area contributed by atoms with Crippen LogP contribution in [-0.2, 0) is 20.9 Å². The zero-order valence-electron chi connectivity index (χ0n) is 21.8. The lowest BCUT2D eigenvalue weighted by atomic mass is 9.91. The first-order chi connectivity index (χ1) is 18.6. The van der Waals surface area contributed by atoms with E-state index in [0.717, 1.165) is 43.6 Å². The van der Waals surface area contributed by atoms with Gasteiger partial charge in [-0.3, -0.25) is 14.5 Å². The monoisotopic (exact) mass is 515 g/mol. The minimum Gasteiger partial charge on any atom is -0.484 e. The van der Waals surface area contributed by atoms with E-state index in [-0.39, 0.29) is 18.5 Å². The minimum absolute atomic E-state index is 0.118. The van der Waals surface area contributed by atoms with Crippen molar-refractivity contribution in [1.82, 2.24) is 10.2 Å². The SMILES string of the molecule is NCCNC(=O)COc1cccc(C(C(=O)OCC2CCN(Cc3ccccc3)CC2)c2ccccc2)c1. The minimum atomic E-state index is -0.580. The van der Waals surface area contributed by atoms with Crippen LogP contribution in [0, 0.1) is 5.92 Å². The quantitative estimate of drug-likeness (QED) is 0.357. The number of esters is 1. The molecular weight excluding hydrogens is 478 g/mol. The van der Waals surface area contributed by atoms with E-state index in [1.165, 1.54) is 5.56 Å². The Hall–Kier alpha value is -3.68. The number of nitrogens with one attached hydrogen (secondary N) is 1. The zero-order valence-corrected chi connectivity index (χ0v) is 21.8. The van der Waals surface area contributed by atoms with Crippen molar-refractivity contribution in [2.24, 2.45) is 11.7 Å². The molecule has 3 N–H and O–H groups in total. The fourth-order valence-corrected chi connectivity index (χ4v) is 4.74. The maximum absolute atomic E-state index is 13.4. The summed E-state index contributed by atoms with van der Waals surface area (Å²) in [6.07, 6.45) is 2.01. The number of carbonyl (C=O) groups is 2. The molecule has 200 valence electrons. The number of hydrogen-bond acceptors (Lipinski definition) is 6. The van der Waals surface area contributed by atoms with Gasteiger partial charge in [0.15, 0.2) is 6.61 Å². The van der Waals surface area contributed by atoms with E-state index < -0.39 is 5.92 Å². The summed E-state index contributed by atoms with van der Waals surface area (Å²) < 4.78 is 11.6. The van der Waals surface area contributed by atoms with Crippen molar-refractivity contribution >= 4 is 11.9 Å². The van der Waals surface area contributed by atoms with E-state index in [9.17, 15) is 9.59 Å². The lowest BCUT2D eigenvalue weighted by molar-refractivity contribution is -0.146. The Bertz CT molecular complexity index is 1150. The molecule has 0 aliphatic carbocycles. The average Bonchev–Trinajstić information content (AvgIpc) is 2.96. The highest BCUT2D eigenvalue weighted by molar-refractivity contribution is 5.82. The Kier molecular flexibility index (Phi) is 10.3. The molecule has 0 saturated carbocycles. The number of hydrogen-bond donors (Lipinski definition) is 2. The molecule has 0 bridgehead atoms. The molecule has 1 aliphatic heterocycles. The first kappa shape index (κ1) is 27.4. The molecule has 7 nitrogen and oxygen atoms in total. The summed E-state index contributed by atoms with van der Waals surface area (Å²) >= 11 is 0. The van der Waals surface area contributed by atoms with Crippen LogP contribution in [0.1, 0.15) is 35.4 Å². The molecular formula is C31H37N3O4. The van der Waals surface area contributed by atoms with Crippen LogP contribution in [-0.4, -0.2) is 56.2 Å². The van der Waals surface area contributed by atoms with Gasteiger partial charge in [0, 0.05) is 19.6 Å². The molecule has 0 radical (unpaired) electrons. The van der Waals surface area contributed by atoms with Crippen molar-refractivity contribution < 1.29 is 19.1 Å². The number of ether oxygens (including phenoxy) is 2. The number of benzene rings is 3. The van der Waals surface area contributed by atoms with Crippen molar-refractivity contribution in [3.63, 3.8) is 0 Å². The van der Waals surface area contributed by atoms with Crippen LogP contribution in [0.3, 0.4) is 0 Å². The summed E-state index contributed by atoms with van der Waals surface area (Å²) in [5, 5.41) is 2.68. The number of nitrogens with zero attached hydrogens (tertiary/aromatic N) is 1. The predicted molar refractivity (Wildman–Crippen MR) is 148 cm³/mol. The first-order valence-electron chi connectivity index (χ1n) is 13.3. The summed E-state index contributed by atoms with van der Waals surface area (Å²) in [5.41, 5.74) is 8.37. The van der Waals surface area contributed by atoms with Crippen LogP contribution >= 0.6 is 0 Å². The molecule has 4 rings (SSSR count). The van der Waals surface area contributed by atoms with Gasteiger partial charge >= 0.3 is 5.97 Å². The van der Waals surface area contributed by atoms with E-state index in [4.69, 9.17) is 15.2 Å². The fraction of sp³-hybridized carbons (Fsp3) is 0.355. The normalized spacial score (nSPS) is 15.0. The smallest absolute Gasteiger partial charge is 0.317 e. The third-order valence-corrected chi connectivity index (χ3v) is 6.81.